The molecule has 0 aromatic heterocycles. The minimum Gasteiger partial charge on any atom is -0.497 e. The Balaban J connectivity index is 2.40. The third-order valence-electron chi connectivity index (χ3n) is 3.51. The van der Waals surface area contributed by atoms with Crippen molar-refractivity contribution < 1.29 is 34.1 Å². The maximum Gasteiger partial charge on any atom is 0.327 e. The summed E-state index contributed by atoms with van der Waals surface area (Å²) in [5, 5.41) is 18.2. The van der Waals surface area contributed by atoms with Gasteiger partial charge in [-0.3, -0.25) is 14.5 Å². The van der Waals surface area contributed by atoms with Crippen molar-refractivity contribution in [2.45, 2.75) is 12.5 Å². The number of rotatable bonds is 7. The number of methoxy groups -OCH3 is 2. The molecule has 1 aromatic rings. The van der Waals surface area contributed by atoms with Crippen molar-refractivity contribution in [3.63, 3.8) is 0 Å². The van der Waals surface area contributed by atoms with Crippen LogP contribution in [-0.4, -0.2) is 57.5 Å². The van der Waals surface area contributed by atoms with Crippen LogP contribution < -0.4 is 9.47 Å². The number of carbonyl (C=O) groups is 3. The second-order valence-corrected chi connectivity index (χ2v) is 6.79. The Labute approximate surface area is 158 Å². The first-order chi connectivity index (χ1) is 12.3. The molecule has 10 heteroatoms. The Bertz CT molecular complexity index is 806. The fraction of sp³-hybridized carbons (Fsp3) is 0.250. The van der Waals surface area contributed by atoms with Crippen molar-refractivity contribution in [3.8, 4) is 11.5 Å². The van der Waals surface area contributed by atoms with E-state index in [2.05, 4.69) is 0 Å². The van der Waals surface area contributed by atoms with Crippen LogP contribution in [0.1, 0.15) is 12.0 Å². The molecule has 1 heterocycles. The summed E-state index contributed by atoms with van der Waals surface area (Å²) in [5.74, 6) is -2.43. The molecule has 0 radical (unpaired) electrons. The Hall–Kier alpha value is -2.59. The predicted octanol–water partition coefficient (Wildman–Crippen LogP) is 1.83. The molecule has 1 aliphatic rings. The van der Waals surface area contributed by atoms with Crippen molar-refractivity contribution in [2.24, 2.45) is 0 Å². The van der Waals surface area contributed by atoms with Crippen LogP contribution in [0.4, 0.5) is 0 Å². The van der Waals surface area contributed by atoms with Crippen LogP contribution in [0, 0.1) is 0 Å². The summed E-state index contributed by atoms with van der Waals surface area (Å²) < 4.78 is 10.4. The first-order valence-electron chi connectivity index (χ1n) is 7.22. The number of benzene rings is 1. The van der Waals surface area contributed by atoms with Crippen molar-refractivity contribution in [2.75, 3.05) is 14.2 Å². The molecule has 2 rings (SSSR count). The summed E-state index contributed by atoms with van der Waals surface area (Å²) in [6, 6.07) is 3.43. The predicted molar refractivity (Wildman–Crippen MR) is 98.2 cm³/mol. The summed E-state index contributed by atoms with van der Waals surface area (Å²) in [7, 11) is 2.96. The summed E-state index contributed by atoms with van der Waals surface area (Å²) in [4.78, 5) is 35.9. The second-order valence-electron chi connectivity index (χ2n) is 5.11. The Morgan fingerprint density at radius 2 is 2.00 bits per heavy atom. The van der Waals surface area contributed by atoms with E-state index >= 15 is 0 Å². The molecule has 0 aliphatic carbocycles. The van der Waals surface area contributed by atoms with Gasteiger partial charge in [-0.1, -0.05) is 24.0 Å². The van der Waals surface area contributed by atoms with E-state index < -0.39 is 30.3 Å². The Morgan fingerprint density at radius 3 is 2.54 bits per heavy atom. The van der Waals surface area contributed by atoms with Crippen LogP contribution in [-0.2, 0) is 14.4 Å². The van der Waals surface area contributed by atoms with Crippen molar-refractivity contribution in [1.29, 1.82) is 0 Å². The summed E-state index contributed by atoms with van der Waals surface area (Å²) in [5.41, 5.74) is 0.539. The van der Waals surface area contributed by atoms with Gasteiger partial charge in [-0.2, -0.15) is 0 Å². The highest BCUT2D eigenvalue weighted by molar-refractivity contribution is 8.26. The molecular weight excluding hydrogens is 382 g/mol. The van der Waals surface area contributed by atoms with Crippen LogP contribution in [0.5, 0.6) is 11.5 Å². The van der Waals surface area contributed by atoms with Gasteiger partial charge < -0.3 is 19.7 Å². The lowest BCUT2D eigenvalue weighted by Gasteiger charge is -2.21. The minimum atomic E-state index is -1.57. The summed E-state index contributed by atoms with van der Waals surface area (Å²) in [6.45, 7) is 0. The SMILES string of the molecule is COc1ccc(OC)c(/C=C2/SC(=S)N(C(CC(=O)O)C(=O)O)C2=O)c1. The second kappa shape index (κ2) is 8.19. The first-order valence-corrected chi connectivity index (χ1v) is 8.44. The highest BCUT2D eigenvalue weighted by Crippen LogP contribution is 2.36. The van der Waals surface area contributed by atoms with Gasteiger partial charge in [0, 0.05) is 5.56 Å². The Morgan fingerprint density at radius 1 is 1.31 bits per heavy atom. The number of hydrogen-bond acceptors (Lipinski definition) is 7. The topological polar surface area (TPSA) is 113 Å². The molecule has 2 N–H and O–H groups in total. The third kappa shape index (κ3) is 4.14. The van der Waals surface area contributed by atoms with E-state index in [0.29, 0.717) is 17.1 Å². The molecule has 1 aliphatic heterocycles. The zero-order valence-electron chi connectivity index (χ0n) is 13.8. The number of thioether (sulfide) groups is 1. The molecule has 1 aromatic carbocycles. The third-order valence-corrected chi connectivity index (χ3v) is 4.84. The van der Waals surface area contributed by atoms with E-state index in [1.165, 1.54) is 20.3 Å². The maximum absolute atomic E-state index is 12.6. The van der Waals surface area contributed by atoms with Gasteiger partial charge in [0.25, 0.3) is 5.91 Å². The van der Waals surface area contributed by atoms with Gasteiger partial charge in [-0.25, -0.2) is 4.79 Å². The lowest BCUT2D eigenvalue weighted by Crippen LogP contribution is -2.45. The number of ether oxygens (including phenoxy) is 2. The molecule has 1 amide bonds. The van der Waals surface area contributed by atoms with Gasteiger partial charge >= 0.3 is 11.9 Å². The van der Waals surface area contributed by atoms with E-state index in [1.807, 2.05) is 0 Å². The zero-order valence-corrected chi connectivity index (χ0v) is 15.4. The number of hydrogen-bond donors (Lipinski definition) is 2. The molecule has 8 nitrogen and oxygen atoms in total. The summed E-state index contributed by atoms with van der Waals surface area (Å²) in [6.07, 6.45) is 0.748. The number of carboxylic acids is 2. The molecule has 138 valence electrons. The molecule has 0 spiro atoms. The lowest BCUT2D eigenvalue weighted by molar-refractivity contribution is -0.150. The van der Waals surface area contributed by atoms with E-state index in [0.717, 1.165) is 16.7 Å². The van der Waals surface area contributed by atoms with Gasteiger partial charge in [0.05, 0.1) is 25.5 Å². The monoisotopic (exact) mass is 397 g/mol. The van der Waals surface area contributed by atoms with Crippen molar-refractivity contribution >= 4 is 52.2 Å². The average Bonchev–Trinajstić information content (AvgIpc) is 2.86. The fourth-order valence-corrected chi connectivity index (χ4v) is 3.64. The molecule has 1 atom stereocenters. The smallest absolute Gasteiger partial charge is 0.327 e. The quantitative estimate of drug-likeness (QED) is 0.525. The zero-order chi connectivity index (χ0) is 19.4. The van der Waals surface area contributed by atoms with Crippen molar-refractivity contribution in [1.82, 2.24) is 4.90 Å². The van der Waals surface area contributed by atoms with Gasteiger partial charge in [0.1, 0.15) is 21.9 Å². The number of aliphatic carboxylic acids is 2. The van der Waals surface area contributed by atoms with Crippen LogP contribution >= 0.6 is 24.0 Å². The largest absolute Gasteiger partial charge is 0.497 e. The standard InChI is InChI=1S/C16H15NO7S2/c1-23-9-3-4-11(24-2)8(5-9)6-12-14(20)17(16(25)26-12)10(15(21)22)7-13(18)19/h3-6,10H,7H2,1-2H3,(H,18,19)(H,21,22)/b12-6+. The molecule has 26 heavy (non-hydrogen) atoms. The molecular formula is C16H15NO7S2. The van der Waals surface area contributed by atoms with E-state index in [4.69, 9.17) is 26.8 Å². The van der Waals surface area contributed by atoms with Gasteiger partial charge in [0.15, 0.2) is 0 Å². The number of carboxylic acid groups (broad SMARTS) is 2. The Kier molecular flexibility index (Phi) is 6.22. The van der Waals surface area contributed by atoms with Crippen molar-refractivity contribution in [3.05, 3.63) is 28.7 Å². The van der Waals surface area contributed by atoms with Gasteiger partial charge in [0.2, 0.25) is 0 Å². The maximum atomic E-state index is 12.6. The van der Waals surface area contributed by atoms with Gasteiger partial charge in [-0.15, -0.1) is 0 Å². The van der Waals surface area contributed by atoms with Crippen LogP contribution in [0.15, 0.2) is 23.1 Å². The first kappa shape index (κ1) is 19.7. The highest BCUT2D eigenvalue weighted by Gasteiger charge is 2.41. The highest BCUT2D eigenvalue weighted by atomic mass is 32.2. The molecule has 0 saturated carbocycles. The number of amides is 1. The average molecular weight is 397 g/mol. The number of carbonyl (C=O) groups excluding carboxylic acids is 1. The summed E-state index contributed by atoms with van der Waals surface area (Å²) >= 11 is 5.98. The molecule has 1 saturated heterocycles. The number of thiocarbonyl (C=S) groups is 1. The van der Waals surface area contributed by atoms with E-state index in [9.17, 15) is 19.5 Å². The van der Waals surface area contributed by atoms with E-state index in [-0.39, 0.29) is 9.23 Å². The number of nitrogens with zero attached hydrogens (tertiary/aromatic N) is 1. The molecule has 0 bridgehead atoms. The minimum absolute atomic E-state index is 0.0169. The van der Waals surface area contributed by atoms with Crippen LogP contribution in [0.2, 0.25) is 0 Å². The fourth-order valence-electron chi connectivity index (χ4n) is 2.30. The lowest BCUT2D eigenvalue weighted by atomic mass is 10.1. The normalized spacial score (nSPS) is 16.7. The van der Waals surface area contributed by atoms with Gasteiger partial charge in [-0.05, 0) is 24.3 Å². The van der Waals surface area contributed by atoms with Crippen LogP contribution in [0.25, 0.3) is 6.08 Å². The molecule has 1 fully saturated rings. The molecule has 1 unspecified atom stereocenters. The van der Waals surface area contributed by atoms with Crippen LogP contribution in [0.3, 0.4) is 0 Å². The van der Waals surface area contributed by atoms with E-state index in [1.54, 1.807) is 18.2 Å².